The molecule has 10 aliphatic rings. The van der Waals surface area contributed by atoms with Crippen molar-refractivity contribution >= 4 is 11.8 Å². The quantitative estimate of drug-likeness (QED) is 0.0318. The molecule has 10 fully saturated rings. The maximum Gasteiger partial charge on any atom is 0.217 e. The molecule has 50 atom stereocenters. The van der Waals surface area contributed by atoms with Crippen LogP contribution in [0.4, 0.5) is 0 Å². The van der Waals surface area contributed by atoms with Crippen molar-refractivity contribution in [1.82, 2.24) is 10.6 Å². The molecule has 0 aromatic carbocycles. The van der Waals surface area contributed by atoms with Gasteiger partial charge in [0, 0.05) is 13.8 Å². The summed E-state index contributed by atoms with van der Waals surface area (Å²) in [5.41, 5.74) is 0. The average Bonchev–Trinajstić information content (AvgIpc) is 0.767. The number of hydrogen-bond donors (Lipinski definition) is 32. The zero-order chi connectivity index (χ0) is 85.9. The highest BCUT2D eigenvalue weighted by Crippen LogP contribution is 2.41. The number of carbonyl (C=O) groups is 2. The van der Waals surface area contributed by atoms with Crippen LogP contribution in [0.3, 0.4) is 0 Å². The third kappa shape index (κ3) is 20.7. The smallest absolute Gasteiger partial charge is 0.217 e. The number of hydrogen-bond acceptors (Lipinski definition) is 51. The summed E-state index contributed by atoms with van der Waals surface area (Å²) in [6.07, 6.45) is -104. The van der Waals surface area contributed by atoms with Gasteiger partial charge in [-0.25, -0.2) is 0 Å². The molecule has 10 aliphatic heterocycles. The van der Waals surface area contributed by atoms with Gasteiger partial charge in [-0.15, -0.1) is 0 Å². The maximum absolute atomic E-state index is 13.0. The maximum atomic E-state index is 13.0. The molecule has 10 saturated heterocycles. The van der Waals surface area contributed by atoms with Crippen LogP contribution in [0.2, 0.25) is 0 Å². The van der Waals surface area contributed by atoms with E-state index in [4.69, 9.17) is 90.0 Å². The Morgan fingerprint density at radius 3 is 0.855 bits per heavy atom. The number of rotatable bonds is 30. The first-order valence-corrected chi connectivity index (χ1v) is 37.2. The number of aliphatic hydroxyl groups excluding tert-OH is 30. The lowest BCUT2D eigenvalue weighted by molar-refractivity contribution is -0.408. The van der Waals surface area contributed by atoms with Crippen LogP contribution >= 0.6 is 0 Å². The minimum atomic E-state index is -2.64. The van der Waals surface area contributed by atoms with Crippen molar-refractivity contribution in [2.24, 2.45) is 0 Å². The van der Waals surface area contributed by atoms with Crippen LogP contribution < -0.4 is 10.6 Å². The Morgan fingerprint density at radius 2 is 0.470 bits per heavy atom. The molecule has 53 nitrogen and oxygen atoms in total. The molecule has 10 rings (SSSR count). The van der Waals surface area contributed by atoms with Crippen molar-refractivity contribution in [2.45, 2.75) is 321 Å². The first-order valence-electron chi connectivity index (χ1n) is 37.2. The van der Waals surface area contributed by atoms with Gasteiger partial charge >= 0.3 is 0 Å². The lowest BCUT2D eigenvalue weighted by Gasteiger charge is -2.51. The monoisotopic (exact) mass is 1720 g/mol. The lowest BCUT2D eigenvalue weighted by Crippen LogP contribution is -2.70. The number of ether oxygens (including phenoxy) is 19. The van der Waals surface area contributed by atoms with Crippen molar-refractivity contribution in [3.05, 3.63) is 0 Å². The first-order chi connectivity index (χ1) is 55.4. The number of amides is 2. The van der Waals surface area contributed by atoms with Crippen LogP contribution in [0.25, 0.3) is 0 Å². The van der Waals surface area contributed by atoms with Crippen LogP contribution in [0.1, 0.15) is 13.8 Å². The normalized spacial score (nSPS) is 51.5. The molecular formula is C64H108N2O51. The standard InChI is InChI=1S/C64H108N2O51/c1-13(75)65-25-35(85)48(21(9-73)101-55(25)98)111-56-26(66-14(2)76)36(86)49(22(10-74)108-56)112-61-47(97)51(114-63-54(42(92)32(82)19(7-71)106-63)117-64-53(41(91)31(81)20(8-72)107-64)116-60-45(95)39(89)29(79)17(5-69)104-60)34(84)24(110-61)11-99-57-46(96)50(113-58-43(93)37(87)27(77)15(3-67)102-58)33(83)23(109-57)12-100-62-52(40(90)30(80)18(6-70)105-62)115-59-44(94)38(88)28(78)16(4-68)103-59/h15-64,67-74,77-98H,3-12H2,1-2H3,(H,65,75)(H,66,76)/t15-,16-,17-,18-,19-,20-,21-,22-,23-,24-,25-,26-,27-,28-,29-,30-,31-,32-,33-,34-,35-,36-,37+,38+,39+,40+,41+,42+,43+,44+,45+,46+,47+,48-,49-,50+,51+,52+,53+,54+,55-,56+,57+,58-,59-,60-,61-,62+,63-,64-/m1/s1. The van der Waals surface area contributed by atoms with E-state index in [1.54, 1.807) is 0 Å². The van der Waals surface area contributed by atoms with Crippen LogP contribution in [0, 0.1) is 0 Å². The minimum Gasteiger partial charge on any atom is -0.394 e. The molecule has 53 heteroatoms. The summed E-state index contributed by atoms with van der Waals surface area (Å²) in [7, 11) is 0. The van der Waals surface area contributed by atoms with E-state index in [0.717, 1.165) is 13.8 Å². The predicted octanol–water partition coefficient (Wildman–Crippen LogP) is -22.5. The van der Waals surface area contributed by atoms with Gasteiger partial charge in [-0.3, -0.25) is 9.59 Å². The molecule has 32 N–H and O–H groups in total. The van der Waals surface area contributed by atoms with Gasteiger partial charge in [0.15, 0.2) is 62.9 Å². The van der Waals surface area contributed by atoms with Gasteiger partial charge in [-0.05, 0) is 0 Å². The van der Waals surface area contributed by atoms with Crippen LogP contribution in [-0.2, 0) is 99.6 Å². The molecule has 0 spiro atoms. The Kier molecular flexibility index (Phi) is 34.4. The molecule has 680 valence electrons. The highest BCUT2D eigenvalue weighted by molar-refractivity contribution is 5.73. The summed E-state index contributed by atoms with van der Waals surface area (Å²) < 4.78 is 111. The molecule has 2 amide bonds. The van der Waals surface area contributed by atoms with E-state index in [-0.39, 0.29) is 0 Å². The first kappa shape index (κ1) is 96.2. The average molecular weight is 1720 g/mol. The fourth-order valence-electron chi connectivity index (χ4n) is 15.0. The highest BCUT2D eigenvalue weighted by Gasteiger charge is 2.61. The summed E-state index contributed by atoms with van der Waals surface area (Å²) in [6.45, 7) is -9.28. The van der Waals surface area contributed by atoms with E-state index in [0.29, 0.717) is 0 Å². The summed E-state index contributed by atoms with van der Waals surface area (Å²) in [5, 5.41) is 336. The van der Waals surface area contributed by atoms with E-state index < -0.39 is 385 Å². The van der Waals surface area contributed by atoms with Gasteiger partial charge in [-0.2, -0.15) is 0 Å². The Hall–Kier alpha value is -3.02. The van der Waals surface area contributed by atoms with E-state index >= 15 is 0 Å². The van der Waals surface area contributed by atoms with Gasteiger partial charge in [0.25, 0.3) is 0 Å². The van der Waals surface area contributed by atoms with Crippen molar-refractivity contribution in [1.29, 1.82) is 0 Å². The highest BCUT2D eigenvalue weighted by atomic mass is 16.8. The molecular weight excluding hydrogens is 1610 g/mol. The van der Waals surface area contributed by atoms with Gasteiger partial charge in [0.2, 0.25) is 11.8 Å². The Bertz CT molecular complexity index is 3050. The zero-order valence-corrected chi connectivity index (χ0v) is 61.9. The third-order valence-electron chi connectivity index (χ3n) is 21.7. The van der Waals surface area contributed by atoms with Gasteiger partial charge in [-0.1, -0.05) is 0 Å². The number of aliphatic hydroxyl groups is 30. The minimum absolute atomic E-state index is 0.805. The molecule has 0 aromatic rings. The number of nitrogens with one attached hydrogen (secondary N) is 2. The largest absolute Gasteiger partial charge is 0.394 e. The Balaban J connectivity index is 0.996. The molecule has 0 radical (unpaired) electrons. The Labute approximate surface area is 660 Å². The topological polar surface area (TPSA) is 840 Å². The van der Waals surface area contributed by atoms with E-state index in [2.05, 4.69) is 10.6 Å². The van der Waals surface area contributed by atoms with Crippen molar-refractivity contribution in [3.63, 3.8) is 0 Å². The van der Waals surface area contributed by atoms with Gasteiger partial charge in [0.05, 0.1) is 66.1 Å². The molecule has 0 aromatic heterocycles. The molecule has 0 unspecified atom stereocenters. The van der Waals surface area contributed by atoms with Crippen molar-refractivity contribution < 1.29 is 253 Å². The lowest BCUT2D eigenvalue weighted by atomic mass is 9.94. The second kappa shape index (κ2) is 41.9. The van der Waals surface area contributed by atoms with Gasteiger partial charge < -0.3 is 254 Å². The van der Waals surface area contributed by atoms with E-state index in [1.807, 2.05) is 0 Å². The third-order valence-corrected chi connectivity index (χ3v) is 21.7. The van der Waals surface area contributed by atoms with Crippen molar-refractivity contribution in [3.8, 4) is 0 Å². The fourth-order valence-corrected chi connectivity index (χ4v) is 15.0. The summed E-state index contributed by atoms with van der Waals surface area (Å²) in [6, 6.07) is -3.64. The second-order valence-corrected chi connectivity index (χ2v) is 29.5. The molecule has 117 heavy (non-hydrogen) atoms. The van der Waals surface area contributed by atoms with Crippen molar-refractivity contribution in [2.75, 3.05) is 66.1 Å². The summed E-state index contributed by atoms with van der Waals surface area (Å²) in [5.74, 6) is -1.78. The molecule has 0 bridgehead atoms. The molecule has 0 aliphatic carbocycles. The zero-order valence-electron chi connectivity index (χ0n) is 61.9. The van der Waals surface area contributed by atoms with E-state index in [1.165, 1.54) is 0 Å². The van der Waals surface area contributed by atoms with E-state index in [9.17, 15) is 163 Å². The summed E-state index contributed by atoms with van der Waals surface area (Å²) in [4.78, 5) is 25.2. The SMILES string of the molecule is CC(=O)N[C@@H]1[C@@H](O)[C@H](O[C@@H]2O[C@H](CO)[C@@H](O[C@H]3O[C@H](CO[C@H]4O[C@H](CO[C@H]5O[C@H](CO)[C@@H](O)[C@H](O)[C@@H]5O[C@H]5O[C@H](CO)[C@@H](O)[C@H](O)[C@@H]5O)[C@@H](O)[C@H](O[C@H]5O[C@H](CO)[C@@H](O)[C@H](O)[C@@H]5O)[C@@H]4O)[C@@H](O)[C@H](O[C@H]4O[C@H](CO)[C@@H](O)[C@H](O)[C@@H]4O[C@H]4O[C@H](CO)[C@@H](O)[C@H](O)[C@@H]4O[C@H]4O[C@H](CO)[C@@H](O)[C@H](O)[C@@H]4O)[C@@H]3O)[C@H](O)[C@H]2NC(C)=O)[C@@H](CO)O[C@H]1O. The second-order valence-electron chi connectivity index (χ2n) is 29.5. The Morgan fingerprint density at radius 1 is 0.222 bits per heavy atom. The fraction of sp³-hybridized carbons (Fsp3) is 0.969. The number of carbonyl (C=O) groups excluding carboxylic acids is 2. The predicted molar refractivity (Wildman–Crippen MR) is 353 cm³/mol. The van der Waals surface area contributed by atoms with Gasteiger partial charge in [0.1, 0.15) is 244 Å². The summed E-state index contributed by atoms with van der Waals surface area (Å²) >= 11 is 0. The molecule has 10 heterocycles. The van der Waals surface area contributed by atoms with Crippen LogP contribution in [-0.4, -0.2) is 538 Å². The van der Waals surface area contributed by atoms with Crippen LogP contribution in [0.15, 0.2) is 0 Å². The van der Waals surface area contributed by atoms with Crippen LogP contribution in [0.5, 0.6) is 0 Å². The molecule has 0 saturated carbocycles.